The van der Waals surface area contributed by atoms with E-state index in [1.54, 1.807) is 31.2 Å². The quantitative estimate of drug-likeness (QED) is 0.680. The average molecular weight is 397 g/mol. The van der Waals surface area contributed by atoms with Crippen LogP contribution in [-0.2, 0) is 10.0 Å². The maximum absolute atomic E-state index is 11.8. The molecule has 0 saturated carbocycles. The second kappa shape index (κ2) is 7.13. The Hall–Kier alpha value is -3.71. The van der Waals surface area contributed by atoms with Crippen LogP contribution in [0.3, 0.4) is 0 Å². The highest BCUT2D eigenvalue weighted by atomic mass is 32.2. The molecule has 0 bridgehead atoms. The van der Waals surface area contributed by atoms with Crippen LogP contribution in [0.5, 0.6) is 5.88 Å². The first-order valence-electron chi connectivity index (χ1n) is 7.97. The molecule has 1 aromatic carbocycles. The van der Waals surface area contributed by atoms with E-state index in [4.69, 9.17) is 5.26 Å². The summed E-state index contributed by atoms with van der Waals surface area (Å²) >= 11 is 0. The first-order valence-corrected chi connectivity index (χ1v) is 9.86. The minimum atomic E-state index is -3.68. The number of aromatic hydroxyl groups is 1. The van der Waals surface area contributed by atoms with Crippen molar-refractivity contribution in [3.63, 3.8) is 0 Å². The fourth-order valence-corrected chi connectivity index (χ4v) is 3.05. The second-order valence-corrected chi connectivity index (χ2v) is 7.74. The fraction of sp³-hybridized carbons (Fsp3) is 0.111. The smallest absolute Gasteiger partial charge is 0.266 e. The number of benzene rings is 1. The zero-order valence-corrected chi connectivity index (χ0v) is 15.7. The Kier molecular flexibility index (Phi) is 4.85. The molecular formula is C18H15N5O4S. The molecule has 0 aliphatic carbocycles. The summed E-state index contributed by atoms with van der Waals surface area (Å²) in [5, 5.41) is 23.8. The first kappa shape index (κ1) is 19.1. The van der Waals surface area contributed by atoms with Crippen LogP contribution in [-0.4, -0.2) is 40.5 Å². The minimum Gasteiger partial charge on any atom is -0.493 e. The highest BCUT2D eigenvalue weighted by Gasteiger charge is 2.19. The summed E-state index contributed by atoms with van der Waals surface area (Å²) in [6, 6.07) is 11.5. The lowest BCUT2D eigenvalue weighted by Gasteiger charge is -2.05. The summed E-state index contributed by atoms with van der Waals surface area (Å²) in [4.78, 5) is 15.9. The minimum absolute atomic E-state index is 0.0462. The van der Waals surface area contributed by atoms with E-state index in [0.29, 0.717) is 22.4 Å². The van der Waals surface area contributed by atoms with Gasteiger partial charge >= 0.3 is 0 Å². The molecule has 1 amide bonds. The highest BCUT2D eigenvalue weighted by Crippen LogP contribution is 2.33. The summed E-state index contributed by atoms with van der Waals surface area (Å²) in [6.07, 6.45) is 2.07. The molecule has 0 aliphatic heterocycles. The number of nitrogens with one attached hydrogen (secondary N) is 1. The fourth-order valence-electron chi connectivity index (χ4n) is 2.60. The van der Waals surface area contributed by atoms with Gasteiger partial charge in [-0.15, -0.1) is 0 Å². The van der Waals surface area contributed by atoms with Crippen molar-refractivity contribution in [2.75, 3.05) is 6.26 Å². The molecule has 10 heteroatoms. The normalized spacial score (nSPS) is 11.0. The molecule has 142 valence electrons. The van der Waals surface area contributed by atoms with Crippen molar-refractivity contribution < 1.29 is 18.3 Å². The zero-order valence-electron chi connectivity index (χ0n) is 14.9. The molecule has 2 heterocycles. The third-order valence-electron chi connectivity index (χ3n) is 3.84. The number of nitrogens with zero attached hydrogens (tertiary/aromatic N) is 4. The first-order chi connectivity index (χ1) is 13.2. The molecule has 2 N–H and O–H groups in total. The van der Waals surface area contributed by atoms with Gasteiger partial charge in [-0.05, 0) is 36.8 Å². The summed E-state index contributed by atoms with van der Waals surface area (Å²) in [6.45, 7) is 1.72. The van der Waals surface area contributed by atoms with Crippen molar-refractivity contribution in [2.45, 2.75) is 6.92 Å². The van der Waals surface area contributed by atoms with Crippen LogP contribution in [0.1, 0.15) is 21.6 Å². The molecule has 0 unspecified atom stereocenters. The maximum Gasteiger partial charge on any atom is 0.266 e. The third-order valence-corrected chi connectivity index (χ3v) is 4.40. The van der Waals surface area contributed by atoms with Gasteiger partial charge in [0.15, 0.2) is 5.82 Å². The van der Waals surface area contributed by atoms with Gasteiger partial charge in [-0.2, -0.15) is 15.0 Å². The van der Waals surface area contributed by atoms with Gasteiger partial charge in [0.1, 0.15) is 0 Å². The van der Waals surface area contributed by atoms with E-state index in [-0.39, 0.29) is 17.3 Å². The van der Waals surface area contributed by atoms with Crippen molar-refractivity contribution in [3.05, 3.63) is 59.4 Å². The van der Waals surface area contributed by atoms with Gasteiger partial charge in [-0.1, -0.05) is 12.1 Å². The van der Waals surface area contributed by atoms with Crippen LogP contribution in [0.4, 0.5) is 0 Å². The summed E-state index contributed by atoms with van der Waals surface area (Å²) in [5.74, 6) is -0.708. The van der Waals surface area contributed by atoms with Gasteiger partial charge < -0.3 is 5.11 Å². The molecular weight excluding hydrogens is 382 g/mol. The second-order valence-electron chi connectivity index (χ2n) is 5.99. The Morgan fingerprint density at radius 1 is 1.21 bits per heavy atom. The lowest BCUT2D eigenvalue weighted by Crippen LogP contribution is -2.29. The van der Waals surface area contributed by atoms with Crippen molar-refractivity contribution >= 4 is 15.9 Å². The molecule has 0 fully saturated rings. The standard InChI is InChI=1S/C18H15N5O4S/c1-11-16(13-5-3-12(9-19)4-6-13)18(25)23(21-11)15-8-7-14(10-20-15)17(24)22-28(2,26)27/h3-8,10,25H,1-2H3,(H,22,24). The van der Waals surface area contributed by atoms with Gasteiger partial charge in [0.25, 0.3) is 5.91 Å². The molecule has 3 rings (SSSR count). The zero-order chi connectivity index (χ0) is 20.5. The van der Waals surface area contributed by atoms with Crippen LogP contribution < -0.4 is 4.72 Å². The predicted molar refractivity (Wildman–Crippen MR) is 100 cm³/mol. The number of nitriles is 1. The topological polar surface area (TPSA) is 138 Å². The van der Waals surface area contributed by atoms with Crippen LogP contribution in [0.25, 0.3) is 16.9 Å². The van der Waals surface area contributed by atoms with Crippen molar-refractivity contribution in [3.8, 4) is 28.9 Å². The molecule has 28 heavy (non-hydrogen) atoms. The molecule has 0 spiro atoms. The molecule has 9 nitrogen and oxygen atoms in total. The Labute approximate surface area is 160 Å². The van der Waals surface area contributed by atoms with Gasteiger partial charge in [-0.25, -0.2) is 18.1 Å². The van der Waals surface area contributed by atoms with Crippen molar-refractivity contribution in [1.29, 1.82) is 5.26 Å². The third kappa shape index (κ3) is 3.84. The van der Waals surface area contributed by atoms with E-state index >= 15 is 0 Å². The van der Waals surface area contributed by atoms with E-state index in [1.165, 1.54) is 23.0 Å². The summed E-state index contributed by atoms with van der Waals surface area (Å²) in [5.41, 5.74) is 2.26. The number of amides is 1. The van der Waals surface area contributed by atoms with E-state index in [2.05, 4.69) is 10.1 Å². The van der Waals surface area contributed by atoms with Crippen molar-refractivity contribution in [1.82, 2.24) is 19.5 Å². The Balaban J connectivity index is 1.94. The van der Waals surface area contributed by atoms with Gasteiger partial charge in [0.05, 0.1) is 34.7 Å². The van der Waals surface area contributed by atoms with Gasteiger partial charge in [0, 0.05) is 6.20 Å². The number of carbonyl (C=O) groups excluding carboxylic acids is 1. The van der Waals surface area contributed by atoms with Crippen LogP contribution in [0, 0.1) is 18.3 Å². The SMILES string of the molecule is Cc1nn(-c2ccc(C(=O)NS(C)(=O)=O)cn2)c(O)c1-c1ccc(C#N)cc1. The van der Waals surface area contributed by atoms with Crippen LogP contribution in [0.15, 0.2) is 42.6 Å². The lowest BCUT2D eigenvalue weighted by molar-refractivity contribution is 0.0981. The predicted octanol–water partition coefficient (Wildman–Crippen LogP) is 1.51. The Morgan fingerprint density at radius 2 is 1.89 bits per heavy atom. The number of hydrogen-bond acceptors (Lipinski definition) is 7. The molecule has 0 atom stereocenters. The number of carbonyl (C=O) groups is 1. The number of aromatic nitrogens is 3. The van der Waals surface area contributed by atoms with E-state index in [0.717, 1.165) is 6.26 Å². The number of hydrogen-bond donors (Lipinski definition) is 2. The molecule has 0 aliphatic rings. The number of sulfonamides is 1. The van der Waals surface area contributed by atoms with E-state index in [9.17, 15) is 18.3 Å². The van der Waals surface area contributed by atoms with E-state index in [1.807, 2.05) is 10.8 Å². The highest BCUT2D eigenvalue weighted by molar-refractivity contribution is 7.89. The lowest BCUT2D eigenvalue weighted by atomic mass is 10.0. The van der Waals surface area contributed by atoms with Crippen molar-refractivity contribution in [2.24, 2.45) is 0 Å². The van der Waals surface area contributed by atoms with Crippen LogP contribution in [0.2, 0.25) is 0 Å². The molecule has 0 saturated heterocycles. The van der Waals surface area contributed by atoms with Gasteiger partial charge in [0.2, 0.25) is 15.9 Å². The largest absolute Gasteiger partial charge is 0.493 e. The Bertz CT molecular complexity index is 1190. The number of rotatable bonds is 4. The molecule has 3 aromatic rings. The Morgan fingerprint density at radius 3 is 2.43 bits per heavy atom. The number of pyridine rings is 1. The number of aryl methyl sites for hydroxylation is 1. The van der Waals surface area contributed by atoms with Crippen LogP contribution >= 0.6 is 0 Å². The maximum atomic E-state index is 11.8. The average Bonchev–Trinajstić information content (AvgIpc) is 2.95. The molecule has 0 radical (unpaired) electrons. The summed E-state index contributed by atoms with van der Waals surface area (Å²) in [7, 11) is -3.68. The molecule has 2 aromatic heterocycles. The van der Waals surface area contributed by atoms with E-state index < -0.39 is 15.9 Å². The van der Waals surface area contributed by atoms with Gasteiger partial charge in [-0.3, -0.25) is 4.79 Å². The monoisotopic (exact) mass is 397 g/mol. The summed E-state index contributed by atoms with van der Waals surface area (Å²) < 4.78 is 25.4.